The lowest BCUT2D eigenvalue weighted by atomic mass is 10.0. The van der Waals surface area contributed by atoms with Crippen molar-refractivity contribution in [1.82, 2.24) is 26.6 Å². The number of hydrogen-bond acceptors (Lipinski definition) is 7. The normalized spacial score (nSPS) is 19.9. The number of hydrogen-bond donors (Lipinski definition) is 8. The number of benzene rings is 4. The van der Waals surface area contributed by atoms with Gasteiger partial charge in [-0.15, -0.1) is 0 Å². The second-order valence-electron chi connectivity index (χ2n) is 13.0. The van der Waals surface area contributed by atoms with Crippen LogP contribution in [0.3, 0.4) is 0 Å². The second-order valence-corrected chi connectivity index (χ2v) is 13.0. The van der Waals surface area contributed by atoms with Crippen LogP contribution in [0.25, 0.3) is 10.8 Å². The number of nitrogens with two attached hydrogens (primary N) is 1. The van der Waals surface area contributed by atoms with E-state index >= 15 is 0 Å². The number of carbonyl (C=O) groups excluding carboxylic acids is 5. The Bertz CT molecular complexity index is 1920. The van der Waals surface area contributed by atoms with E-state index in [1.165, 1.54) is 0 Å². The summed E-state index contributed by atoms with van der Waals surface area (Å²) in [5, 5.41) is 26.0. The minimum atomic E-state index is -1.16. The molecule has 282 valence electrons. The molecule has 0 spiro atoms. The first-order valence-electron chi connectivity index (χ1n) is 17.9. The average Bonchev–Trinajstić information content (AvgIpc) is 3.18. The van der Waals surface area contributed by atoms with Gasteiger partial charge >= 0.3 is 0 Å². The predicted octanol–water partition coefficient (Wildman–Crippen LogP) is 2.35. The number of rotatable bonds is 10. The van der Waals surface area contributed by atoms with Crippen molar-refractivity contribution in [2.45, 2.75) is 56.3 Å². The molecule has 1 aliphatic heterocycles. The summed E-state index contributed by atoms with van der Waals surface area (Å²) in [5.41, 5.74) is 7.11. The second kappa shape index (κ2) is 19.5. The zero-order valence-electron chi connectivity index (χ0n) is 29.8. The van der Waals surface area contributed by atoms with Crippen molar-refractivity contribution in [3.8, 4) is 0 Å². The molecule has 5 rings (SSSR count). The smallest absolute Gasteiger partial charge is 0.251 e. The molecule has 54 heavy (non-hydrogen) atoms. The highest BCUT2D eigenvalue weighted by molar-refractivity contribution is 6.05. The fourth-order valence-corrected chi connectivity index (χ4v) is 6.10. The highest BCUT2D eigenvalue weighted by atomic mass is 16.5. The molecule has 0 saturated carbocycles. The molecule has 1 aliphatic rings. The number of guanidine groups is 1. The van der Waals surface area contributed by atoms with E-state index in [2.05, 4.69) is 31.9 Å². The molecule has 0 aliphatic carbocycles. The largest absolute Gasteiger partial charge is 0.379 e. The molecule has 14 heteroatoms. The zero-order chi connectivity index (χ0) is 38.3. The quantitative estimate of drug-likeness (QED) is 0.0686. The van der Waals surface area contributed by atoms with Gasteiger partial charge in [0.15, 0.2) is 5.96 Å². The third-order valence-electron chi connectivity index (χ3n) is 8.94. The van der Waals surface area contributed by atoms with Gasteiger partial charge in [-0.2, -0.15) is 0 Å². The van der Waals surface area contributed by atoms with E-state index in [9.17, 15) is 24.0 Å². The molecular weight excluding hydrogens is 688 g/mol. The molecule has 4 aromatic carbocycles. The van der Waals surface area contributed by atoms with Crippen LogP contribution in [0.4, 0.5) is 5.69 Å². The Kier molecular flexibility index (Phi) is 14.1. The third-order valence-corrected chi connectivity index (χ3v) is 8.94. The lowest BCUT2D eigenvalue weighted by Crippen LogP contribution is -2.58. The van der Waals surface area contributed by atoms with Gasteiger partial charge in [0.2, 0.25) is 23.6 Å². The summed E-state index contributed by atoms with van der Waals surface area (Å²) in [6.07, 6.45) is 0.995. The van der Waals surface area contributed by atoms with Gasteiger partial charge in [-0.3, -0.25) is 29.4 Å². The van der Waals surface area contributed by atoms with Crippen LogP contribution in [0.5, 0.6) is 0 Å². The molecule has 5 amide bonds. The van der Waals surface area contributed by atoms with Gasteiger partial charge in [-0.25, -0.2) is 0 Å². The minimum absolute atomic E-state index is 0.0944. The van der Waals surface area contributed by atoms with Crippen molar-refractivity contribution in [2.75, 3.05) is 25.1 Å². The maximum Gasteiger partial charge on any atom is 0.251 e. The molecule has 4 aromatic rings. The highest BCUT2D eigenvalue weighted by Crippen LogP contribution is 2.23. The van der Waals surface area contributed by atoms with Crippen LogP contribution in [0.2, 0.25) is 0 Å². The summed E-state index contributed by atoms with van der Waals surface area (Å²) in [6, 6.07) is 26.2. The van der Waals surface area contributed by atoms with Gasteiger partial charge in [0.25, 0.3) is 5.91 Å². The van der Waals surface area contributed by atoms with Crippen LogP contribution in [0.1, 0.15) is 41.6 Å². The van der Waals surface area contributed by atoms with E-state index in [0.717, 1.165) is 16.3 Å². The molecule has 4 unspecified atom stereocenters. The van der Waals surface area contributed by atoms with Crippen molar-refractivity contribution in [2.24, 2.45) is 5.73 Å². The SMILES string of the molecule is N=C(N)NCCCC1NC(=O)C(Cc2ccccc2)NC(=O)C(NC(=O)c2ccccc2)CCCOCC(C(=O)Nc2cccc3ccccc23)NC1=O. The Morgan fingerprint density at radius 3 is 2.22 bits per heavy atom. The number of fused-ring (bicyclic) bond motifs is 1. The van der Waals surface area contributed by atoms with Crippen molar-refractivity contribution in [3.63, 3.8) is 0 Å². The number of amides is 5. The Labute approximate surface area is 313 Å². The van der Waals surface area contributed by atoms with Gasteiger partial charge in [-0.05, 0) is 54.8 Å². The molecular formula is C40H46N8O6. The van der Waals surface area contributed by atoms with Gasteiger partial charge < -0.3 is 42.4 Å². The van der Waals surface area contributed by atoms with Crippen molar-refractivity contribution >= 4 is 52.0 Å². The maximum absolute atomic E-state index is 14.1. The molecule has 9 N–H and O–H groups in total. The van der Waals surface area contributed by atoms with E-state index in [1.807, 2.05) is 66.7 Å². The molecule has 0 radical (unpaired) electrons. The molecule has 14 nitrogen and oxygen atoms in total. The third kappa shape index (κ3) is 11.4. The monoisotopic (exact) mass is 734 g/mol. The molecule has 1 heterocycles. The first-order valence-corrected chi connectivity index (χ1v) is 17.9. The fraction of sp³-hybridized carbons (Fsp3) is 0.300. The lowest BCUT2D eigenvalue weighted by Gasteiger charge is -2.26. The molecule has 1 saturated heterocycles. The van der Waals surface area contributed by atoms with E-state index in [-0.39, 0.29) is 45.0 Å². The number of carbonyl (C=O) groups is 5. The van der Waals surface area contributed by atoms with Crippen LogP contribution in [0, 0.1) is 5.41 Å². The van der Waals surface area contributed by atoms with Crippen LogP contribution in [-0.2, 0) is 30.3 Å². The molecule has 4 atom stereocenters. The Balaban J connectivity index is 1.43. The van der Waals surface area contributed by atoms with Gasteiger partial charge in [0, 0.05) is 36.2 Å². The summed E-state index contributed by atoms with van der Waals surface area (Å²) in [4.78, 5) is 68.9. The Morgan fingerprint density at radius 2 is 1.46 bits per heavy atom. The summed E-state index contributed by atoms with van der Waals surface area (Å²) in [5.74, 6) is -3.09. The number of nitrogens with one attached hydrogen (secondary N) is 7. The Hall–Kier alpha value is -6.28. The topological polar surface area (TPSA) is 217 Å². The maximum atomic E-state index is 14.1. The lowest BCUT2D eigenvalue weighted by molar-refractivity contribution is -0.133. The van der Waals surface area contributed by atoms with Gasteiger partial charge in [0.1, 0.15) is 24.2 Å². The van der Waals surface area contributed by atoms with Gasteiger partial charge in [0.05, 0.1) is 6.61 Å². The van der Waals surface area contributed by atoms with Crippen molar-refractivity contribution < 1.29 is 28.7 Å². The zero-order valence-corrected chi connectivity index (χ0v) is 29.8. The van der Waals surface area contributed by atoms with E-state index in [4.69, 9.17) is 15.9 Å². The standard InChI is InChI=1S/C40H46N8O6/c41-40(42)43-22-10-20-31-37(51)48-34(39(53)44-30-19-9-17-27-14-7-8-18-29(27)30)25-54-23-11-21-32(45-35(49)28-15-5-2-6-16-28)36(50)47-33(38(52)46-31)24-26-12-3-1-4-13-26/h1-9,12-19,31-34H,10-11,20-25H2,(H,44,53)(H,45,49)(H,46,52)(H,47,50)(H,48,51)(H4,41,42,43). The van der Waals surface area contributed by atoms with E-state index < -0.39 is 53.7 Å². The summed E-state index contributed by atoms with van der Waals surface area (Å²) < 4.78 is 5.92. The first kappa shape index (κ1) is 38.9. The summed E-state index contributed by atoms with van der Waals surface area (Å²) >= 11 is 0. The molecule has 0 aromatic heterocycles. The highest BCUT2D eigenvalue weighted by Gasteiger charge is 2.32. The van der Waals surface area contributed by atoms with Crippen molar-refractivity contribution in [1.29, 1.82) is 5.41 Å². The first-order chi connectivity index (χ1) is 26.2. The van der Waals surface area contributed by atoms with E-state index in [0.29, 0.717) is 24.1 Å². The van der Waals surface area contributed by atoms with Crippen LogP contribution < -0.4 is 37.6 Å². The van der Waals surface area contributed by atoms with Gasteiger partial charge in [-0.1, -0.05) is 84.9 Å². The Morgan fingerprint density at radius 1 is 0.796 bits per heavy atom. The summed E-state index contributed by atoms with van der Waals surface area (Å²) in [6.45, 7) is 0.137. The summed E-state index contributed by atoms with van der Waals surface area (Å²) in [7, 11) is 0. The number of anilines is 1. The predicted molar refractivity (Wildman–Crippen MR) is 205 cm³/mol. The molecule has 0 bridgehead atoms. The van der Waals surface area contributed by atoms with Crippen LogP contribution in [-0.4, -0.2) is 79.4 Å². The average molecular weight is 735 g/mol. The van der Waals surface area contributed by atoms with E-state index in [1.54, 1.807) is 36.4 Å². The molecule has 1 fully saturated rings. The fourth-order valence-electron chi connectivity index (χ4n) is 6.10. The number of ether oxygens (including phenoxy) is 1. The van der Waals surface area contributed by atoms with Crippen LogP contribution in [0.15, 0.2) is 103 Å². The van der Waals surface area contributed by atoms with Crippen molar-refractivity contribution in [3.05, 3.63) is 114 Å². The van der Waals surface area contributed by atoms with Crippen LogP contribution >= 0.6 is 0 Å². The minimum Gasteiger partial charge on any atom is -0.379 e.